The molecule has 1 heterocycles. The molecule has 1 aromatic heterocycles. The SMILES string of the molecule is Fc1cccc(OCCNc2noc(-c3ccccc3)n2)c1. The van der Waals surface area contributed by atoms with Crippen molar-refractivity contribution >= 4 is 5.95 Å². The Morgan fingerprint density at radius 3 is 2.77 bits per heavy atom. The largest absolute Gasteiger partial charge is 0.492 e. The molecule has 22 heavy (non-hydrogen) atoms. The highest BCUT2D eigenvalue weighted by atomic mass is 19.1. The predicted molar refractivity (Wildman–Crippen MR) is 80.1 cm³/mol. The molecule has 3 aromatic rings. The quantitative estimate of drug-likeness (QED) is 0.707. The fraction of sp³-hybridized carbons (Fsp3) is 0.125. The van der Waals surface area contributed by atoms with E-state index in [9.17, 15) is 4.39 Å². The first-order valence-corrected chi connectivity index (χ1v) is 6.82. The van der Waals surface area contributed by atoms with Gasteiger partial charge in [-0.1, -0.05) is 24.3 Å². The summed E-state index contributed by atoms with van der Waals surface area (Å²) in [5.41, 5.74) is 0.860. The molecule has 1 N–H and O–H groups in total. The molecule has 0 amide bonds. The Balaban J connectivity index is 1.49. The van der Waals surface area contributed by atoms with Crippen molar-refractivity contribution in [2.75, 3.05) is 18.5 Å². The Bertz CT molecular complexity index is 731. The van der Waals surface area contributed by atoms with Crippen molar-refractivity contribution in [3.8, 4) is 17.2 Å². The van der Waals surface area contributed by atoms with Crippen molar-refractivity contribution in [1.82, 2.24) is 10.1 Å². The van der Waals surface area contributed by atoms with Crippen LogP contribution in [0.2, 0.25) is 0 Å². The molecule has 0 spiro atoms. The van der Waals surface area contributed by atoms with E-state index in [1.165, 1.54) is 12.1 Å². The molecule has 0 atom stereocenters. The highest BCUT2D eigenvalue weighted by molar-refractivity contribution is 5.53. The molecule has 0 unspecified atom stereocenters. The Labute approximate surface area is 126 Å². The van der Waals surface area contributed by atoms with Crippen LogP contribution in [0.15, 0.2) is 59.1 Å². The van der Waals surface area contributed by atoms with Crippen molar-refractivity contribution < 1.29 is 13.7 Å². The first-order chi connectivity index (χ1) is 10.8. The van der Waals surface area contributed by atoms with Gasteiger partial charge in [0.2, 0.25) is 0 Å². The Kier molecular flexibility index (Phi) is 4.29. The Morgan fingerprint density at radius 1 is 1.09 bits per heavy atom. The molecule has 0 saturated carbocycles. The van der Waals surface area contributed by atoms with E-state index < -0.39 is 0 Å². The molecule has 3 rings (SSSR count). The van der Waals surface area contributed by atoms with E-state index in [0.717, 1.165) is 5.56 Å². The number of nitrogens with one attached hydrogen (secondary N) is 1. The lowest BCUT2D eigenvalue weighted by molar-refractivity contribution is 0.330. The van der Waals surface area contributed by atoms with E-state index in [1.54, 1.807) is 12.1 Å². The van der Waals surface area contributed by atoms with Crippen LogP contribution in [-0.2, 0) is 0 Å². The summed E-state index contributed by atoms with van der Waals surface area (Å²) in [6.45, 7) is 0.836. The normalized spacial score (nSPS) is 10.4. The van der Waals surface area contributed by atoms with E-state index in [1.807, 2.05) is 30.3 Å². The van der Waals surface area contributed by atoms with Gasteiger partial charge < -0.3 is 14.6 Å². The molecule has 0 aliphatic heterocycles. The Morgan fingerprint density at radius 2 is 1.95 bits per heavy atom. The summed E-state index contributed by atoms with van der Waals surface area (Å²) in [6, 6.07) is 15.5. The third kappa shape index (κ3) is 3.60. The summed E-state index contributed by atoms with van der Waals surface area (Å²) < 4.78 is 23.6. The van der Waals surface area contributed by atoms with Gasteiger partial charge in [0.25, 0.3) is 11.8 Å². The van der Waals surface area contributed by atoms with Gasteiger partial charge in [0.15, 0.2) is 0 Å². The fourth-order valence-corrected chi connectivity index (χ4v) is 1.88. The second-order valence-electron chi connectivity index (χ2n) is 4.52. The minimum absolute atomic E-state index is 0.323. The molecule has 5 nitrogen and oxygen atoms in total. The van der Waals surface area contributed by atoms with Gasteiger partial charge in [-0.3, -0.25) is 0 Å². The summed E-state index contributed by atoms with van der Waals surface area (Å²) in [6.07, 6.45) is 0. The molecular formula is C16H14FN3O2. The van der Waals surface area contributed by atoms with Crippen molar-refractivity contribution in [2.24, 2.45) is 0 Å². The van der Waals surface area contributed by atoms with Crippen molar-refractivity contribution in [3.05, 3.63) is 60.4 Å². The summed E-state index contributed by atoms with van der Waals surface area (Å²) >= 11 is 0. The summed E-state index contributed by atoms with van der Waals surface area (Å²) in [5.74, 6) is 1.01. The lowest BCUT2D eigenvalue weighted by Crippen LogP contribution is -2.12. The average Bonchev–Trinajstić information content (AvgIpc) is 3.01. The molecule has 2 aromatic carbocycles. The minimum Gasteiger partial charge on any atom is -0.492 e. The number of hydrogen-bond donors (Lipinski definition) is 1. The number of nitrogens with zero attached hydrogens (tertiary/aromatic N) is 2. The number of anilines is 1. The molecular weight excluding hydrogens is 285 g/mol. The van der Waals surface area contributed by atoms with E-state index in [0.29, 0.717) is 30.7 Å². The summed E-state index contributed by atoms with van der Waals surface area (Å²) in [5, 5.41) is 6.82. The second kappa shape index (κ2) is 6.71. The monoisotopic (exact) mass is 299 g/mol. The van der Waals surface area contributed by atoms with Crippen LogP contribution in [0, 0.1) is 5.82 Å². The van der Waals surface area contributed by atoms with E-state index in [2.05, 4.69) is 15.5 Å². The zero-order valence-corrected chi connectivity index (χ0v) is 11.7. The van der Waals surface area contributed by atoms with Crippen LogP contribution in [0.4, 0.5) is 10.3 Å². The number of aromatic nitrogens is 2. The molecule has 0 aliphatic rings. The van der Waals surface area contributed by atoms with Crippen LogP contribution in [0.5, 0.6) is 5.75 Å². The van der Waals surface area contributed by atoms with Gasteiger partial charge >= 0.3 is 0 Å². The predicted octanol–water partition coefficient (Wildman–Crippen LogP) is 3.37. The molecule has 0 fully saturated rings. The molecule has 0 bridgehead atoms. The molecule has 6 heteroatoms. The van der Waals surface area contributed by atoms with Crippen LogP contribution in [0.25, 0.3) is 11.5 Å². The van der Waals surface area contributed by atoms with Crippen LogP contribution in [-0.4, -0.2) is 23.3 Å². The van der Waals surface area contributed by atoms with Gasteiger partial charge in [-0.2, -0.15) is 4.98 Å². The average molecular weight is 299 g/mol. The maximum Gasteiger partial charge on any atom is 0.263 e. The smallest absolute Gasteiger partial charge is 0.263 e. The van der Waals surface area contributed by atoms with Gasteiger partial charge in [0.1, 0.15) is 18.2 Å². The van der Waals surface area contributed by atoms with Crippen molar-refractivity contribution in [2.45, 2.75) is 0 Å². The lowest BCUT2D eigenvalue weighted by Gasteiger charge is -2.05. The maximum atomic E-state index is 13.0. The fourth-order valence-electron chi connectivity index (χ4n) is 1.88. The van der Waals surface area contributed by atoms with E-state index in [-0.39, 0.29) is 5.82 Å². The molecule has 112 valence electrons. The van der Waals surface area contributed by atoms with E-state index in [4.69, 9.17) is 9.26 Å². The first kappa shape index (κ1) is 14.1. The van der Waals surface area contributed by atoms with Crippen molar-refractivity contribution in [1.29, 1.82) is 0 Å². The maximum absolute atomic E-state index is 13.0. The molecule has 0 aliphatic carbocycles. The number of rotatable bonds is 6. The zero-order chi connectivity index (χ0) is 15.2. The molecule has 0 saturated heterocycles. The number of ether oxygens (including phenoxy) is 1. The highest BCUT2D eigenvalue weighted by Crippen LogP contribution is 2.17. The van der Waals surface area contributed by atoms with Gasteiger partial charge in [0.05, 0.1) is 6.54 Å². The topological polar surface area (TPSA) is 60.2 Å². The van der Waals surface area contributed by atoms with Crippen LogP contribution in [0.1, 0.15) is 0 Å². The first-order valence-electron chi connectivity index (χ1n) is 6.82. The van der Waals surface area contributed by atoms with Crippen LogP contribution < -0.4 is 10.1 Å². The number of benzene rings is 2. The van der Waals surface area contributed by atoms with Crippen LogP contribution >= 0.6 is 0 Å². The van der Waals surface area contributed by atoms with E-state index >= 15 is 0 Å². The van der Waals surface area contributed by atoms with Gasteiger partial charge in [-0.05, 0) is 29.4 Å². The Hall–Kier alpha value is -2.89. The summed E-state index contributed by atoms with van der Waals surface area (Å²) in [4.78, 5) is 4.23. The van der Waals surface area contributed by atoms with Crippen LogP contribution in [0.3, 0.4) is 0 Å². The second-order valence-corrected chi connectivity index (χ2v) is 4.52. The third-order valence-electron chi connectivity index (χ3n) is 2.90. The van der Waals surface area contributed by atoms with Crippen molar-refractivity contribution in [3.63, 3.8) is 0 Å². The standard InChI is InChI=1S/C16H14FN3O2/c17-13-7-4-8-14(11-13)21-10-9-18-16-19-15(22-20-16)12-5-2-1-3-6-12/h1-8,11H,9-10H2,(H,18,20). The lowest BCUT2D eigenvalue weighted by atomic mass is 10.2. The highest BCUT2D eigenvalue weighted by Gasteiger charge is 2.07. The number of hydrogen-bond acceptors (Lipinski definition) is 5. The van der Waals surface area contributed by atoms with Gasteiger partial charge in [-0.25, -0.2) is 4.39 Å². The zero-order valence-electron chi connectivity index (χ0n) is 11.7. The van der Waals surface area contributed by atoms with Gasteiger partial charge in [-0.15, -0.1) is 0 Å². The third-order valence-corrected chi connectivity index (χ3v) is 2.90. The minimum atomic E-state index is -0.323. The summed E-state index contributed by atoms with van der Waals surface area (Å²) in [7, 11) is 0. The molecule has 0 radical (unpaired) electrons. The number of halogens is 1. The van der Waals surface area contributed by atoms with Gasteiger partial charge in [0, 0.05) is 11.6 Å².